The molecule has 0 saturated heterocycles. The van der Waals surface area contributed by atoms with Gasteiger partial charge in [-0.1, -0.05) is 39.0 Å². The van der Waals surface area contributed by atoms with Crippen molar-refractivity contribution in [1.82, 2.24) is 25.2 Å². The fourth-order valence-electron chi connectivity index (χ4n) is 2.57. The standard InChI is InChI=1S/C19H23N5O2/c1-19(2,3)16-8-4-5-9-17(16)26-13-15(25)12-24-22-18(21-23-24)14-7-6-10-20-11-14/h4-11,15,25H,12-13H2,1-3H3. The number of tetrazole rings is 1. The molecule has 0 fully saturated rings. The largest absolute Gasteiger partial charge is 0.491 e. The molecule has 0 amide bonds. The summed E-state index contributed by atoms with van der Waals surface area (Å²) in [5.41, 5.74) is 1.85. The quantitative estimate of drug-likeness (QED) is 0.733. The van der Waals surface area contributed by atoms with Crippen molar-refractivity contribution in [3.05, 3.63) is 54.4 Å². The van der Waals surface area contributed by atoms with Crippen molar-refractivity contribution in [2.24, 2.45) is 0 Å². The summed E-state index contributed by atoms with van der Waals surface area (Å²) in [4.78, 5) is 5.40. The molecule has 2 aromatic heterocycles. The van der Waals surface area contributed by atoms with E-state index < -0.39 is 6.10 Å². The van der Waals surface area contributed by atoms with Gasteiger partial charge in [0.1, 0.15) is 18.5 Å². The molecule has 0 aliphatic carbocycles. The molecule has 0 aliphatic rings. The van der Waals surface area contributed by atoms with E-state index in [4.69, 9.17) is 4.74 Å². The molecule has 0 spiro atoms. The van der Waals surface area contributed by atoms with Crippen LogP contribution < -0.4 is 4.74 Å². The Labute approximate surface area is 152 Å². The van der Waals surface area contributed by atoms with E-state index in [0.29, 0.717) is 5.82 Å². The summed E-state index contributed by atoms with van der Waals surface area (Å²) < 4.78 is 5.84. The van der Waals surface area contributed by atoms with Crippen LogP contribution in [0, 0.1) is 0 Å². The lowest BCUT2D eigenvalue weighted by atomic mass is 9.86. The van der Waals surface area contributed by atoms with Gasteiger partial charge in [-0.3, -0.25) is 4.98 Å². The Morgan fingerprint density at radius 1 is 1.15 bits per heavy atom. The summed E-state index contributed by atoms with van der Waals surface area (Å²) in [6.07, 6.45) is 2.60. The molecule has 3 rings (SSSR count). The number of ether oxygens (including phenoxy) is 1. The second-order valence-corrected chi connectivity index (χ2v) is 7.12. The molecule has 7 heteroatoms. The molecule has 26 heavy (non-hydrogen) atoms. The number of rotatable bonds is 6. The summed E-state index contributed by atoms with van der Waals surface area (Å²) in [5.74, 6) is 1.26. The first-order valence-corrected chi connectivity index (χ1v) is 8.52. The molecule has 0 radical (unpaired) electrons. The van der Waals surface area contributed by atoms with E-state index >= 15 is 0 Å². The molecule has 1 atom stereocenters. The average Bonchev–Trinajstić information content (AvgIpc) is 3.09. The van der Waals surface area contributed by atoms with Crippen LogP contribution >= 0.6 is 0 Å². The topological polar surface area (TPSA) is 86.0 Å². The Hall–Kier alpha value is -2.80. The van der Waals surface area contributed by atoms with E-state index in [9.17, 15) is 5.11 Å². The smallest absolute Gasteiger partial charge is 0.206 e. The van der Waals surface area contributed by atoms with Crippen molar-refractivity contribution in [3.8, 4) is 17.1 Å². The van der Waals surface area contributed by atoms with Gasteiger partial charge >= 0.3 is 0 Å². The van der Waals surface area contributed by atoms with Crippen LogP contribution in [0.2, 0.25) is 0 Å². The van der Waals surface area contributed by atoms with Crippen LogP contribution in [0.3, 0.4) is 0 Å². The first-order chi connectivity index (χ1) is 12.4. The highest BCUT2D eigenvalue weighted by Crippen LogP contribution is 2.30. The van der Waals surface area contributed by atoms with E-state index in [2.05, 4.69) is 41.2 Å². The number of hydrogen-bond acceptors (Lipinski definition) is 6. The molecular formula is C19H23N5O2. The van der Waals surface area contributed by atoms with Gasteiger partial charge < -0.3 is 9.84 Å². The molecule has 7 nitrogen and oxygen atoms in total. The zero-order chi connectivity index (χ0) is 18.6. The maximum atomic E-state index is 10.3. The number of aliphatic hydroxyl groups is 1. The van der Waals surface area contributed by atoms with Gasteiger partial charge in [-0.15, -0.1) is 10.2 Å². The van der Waals surface area contributed by atoms with Crippen LogP contribution in [0.25, 0.3) is 11.4 Å². The number of benzene rings is 1. The van der Waals surface area contributed by atoms with Gasteiger partial charge in [-0.2, -0.15) is 4.80 Å². The lowest BCUT2D eigenvalue weighted by Crippen LogP contribution is -2.25. The minimum Gasteiger partial charge on any atom is -0.491 e. The SMILES string of the molecule is CC(C)(C)c1ccccc1OCC(O)Cn1nnc(-c2cccnc2)n1. The number of pyridine rings is 1. The van der Waals surface area contributed by atoms with Gasteiger partial charge in [0.2, 0.25) is 5.82 Å². The van der Waals surface area contributed by atoms with E-state index in [1.54, 1.807) is 12.4 Å². The molecule has 2 heterocycles. The predicted molar refractivity (Wildman–Crippen MR) is 97.7 cm³/mol. The third-order valence-electron chi connectivity index (χ3n) is 3.87. The fraction of sp³-hybridized carbons (Fsp3) is 0.368. The van der Waals surface area contributed by atoms with Crippen LogP contribution in [0.15, 0.2) is 48.8 Å². The van der Waals surface area contributed by atoms with E-state index in [1.807, 2.05) is 36.4 Å². The zero-order valence-corrected chi connectivity index (χ0v) is 15.2. The first kappa shape index (κ1) is 18.0. The molecule has 0 saturated carbocycles. The molecule has 3 aromatic rings. The highest BCUT2D eigenvalue weighted by Gasteiger charge is 2.19. The molecule has 1 aromatic carbocycles. The summed E-state index contributed by atoms with van der Waals surface area (Å²) in [7, 11) is 0. The van der Waals surface area contributed by atoms with Gasteiger partial charge in [0.15, 0.2) is 0 Å². The fourth-order valence-corrected chi connectivity index (χ4v) is 2.57. The van der Waals surface area contributed by atoms with E-state index in [-0.39, 0.29) is 18.6 Å². The van der Waals surface area contributed by atoms with Crippen LogP contribution in [0.5, 0.6) is 5.75 Å². The van der Waals surface area contributed by atoms with Crippen molar-refractivity contribution in [2.45, 2.75) is 38.8 Å². The van der Waals surface area contributed by atoms with Crippen LogP contribution in [0.1, 0.15) is 26.3 Å². The third-order valence-corrected chi connectivity index (χ3v) is 3.87. The van der Waals surface area contributed by atoms with Crippen molar-refractivity contribution in [3.63, 3.8) is 0 Å². The minimum absolute atomic E-state index is 0.0341. The van der Waals surface area contributed by atoms with Crippen LogP contribution in [-0.4, -0.2) is 43.0 Å². The second kappa shape index (κ2) is 7.61. The highest BCUT2D eigenvalue weighted by atomic mass is 16.5. The summed E-state index contributed by atoms with van der Waals surface area (Å²) >= 11 is 0. The number of nitrogens with zero attached hydrogens (tertiary/aromatic N) is 5. The summed E-state index contributed by atoms with van der Waals surface area (Å²) in [5, 5.41) is 22.5. The maximum Gasteiger partial charge on any atom is 0.206 e. The number of hydrogen-bond donors (Lipinski definition) is 1. The first-order valence-electron chi connectivity index (χ1n) is 8.52. The summed E-state index contributed by atoms with van der Waals surface area (Å²) in [6, 6.07) is 11.5. The molecular weight excluding hydrogens is 330 g/mol. The Morgan fingerprint density at radius 3 is 2.69 bits per heavy atom. The van der Waals surface area contributed by atoms with E-state index in [1.165, 1.54) is 4.80 Å². The van der Waals surface area contributed by atoms with Crippen LogP contribution in [-0.2, 0) is 12.0 Å². The van der Waals surface area contributed by atoms with Crippen LogP contribution in [0.4, 0.5) is 0 Å². The number of aliphatic hydroxyl groups excluding tert-OH is 1. The van der Waals surface area contributed by atoms with Crippen molar-refractivity contribution in [2.75, 3.05) is 6.61 Å². The average molecular weight is 353 g/mol. The number of aromatic nitrogens is 5. The second-order valence-electron chi connectivity index (χ2n) is 7.12. The van der Waals surface area contributed by atoms with Crippen molar-refractivity contribution in [1.29, 1.82) is 0 Å². The Morgan fingerprint density at radius 2 is 1.96 bits per heavy atom. The molecule has 0 aliphatic heterocycles. The van der Waals surface area contributed by atoms with Gasteiger partial charge in [-0.05, 0) is 34.4 Å². The zero-order valence-electron chi connectivity index (χ0n) is 15.2. The normalized spacial score (nSPS) is 12.8. The Kier molecular flexibility index (Phi) is 5.27. The summed E-state index contributed by atoms with van der Waals surface area (Å²) in [6.45, 7) is 6.74. The molecule has 0 bridgehead atoms. The maximum absolute atomic E-state index is 10.3. The lowest BCUT2D eigenvalue weighted by molar-refractivity contribution is 0.0841. The molecule has 1 N–H and O–H groups in total. The number of para-hydroxylation sites is 1. The van der Waals surface area contributed by atoms with Gasteiger partial charge in [0, 0.05) is 18.0 Å². The molecule has 1 unspecified atom stereocenters. The van der Waals surface area contributed by atoms with Crippen molar-refractivity contribution >= 4 is 0 Å². The minimum atomic E-state index is -0.751. The predicted octanol–water partition coefficient (Wildman–Crippen LogP) is 2.47. The Balaban J connectivity index is 1.61. The third kappa shape index (κ3) is 4.43. The monoisotopic (exact) mass is 353 g/mol. The van der Waals surface area contributed by atoms with Gasteiger partial charge in [0.05, 0.1) is 6.54 Å². The van der Waals surface area contributed by atoms with Gasteiger partial charge in [-0.25, -0.2) is 0 Å². The Bertz CT molecular complexity index is 842. The van der Waals surface area contributed by atoms with Gasteiger partial charge in [0.25, 0.3) is 0 Å². The highest BCUT2D eigenvalue weighted by molar-refractivity contribution is 5.51. The molecule has 136 valence electrons. The van der Waals surface area contributed by atoms with E-state index in [0.717, 1.165) is 16.9 Å². The lowest BCUT2D eigenvalue weighted by Gasteiger charge is -2.23. The van der Waals surface area contributed by atoms with Crippen molar-refractivity contribution < 1.29 is 9.84 Å².